The lowest BCUT2D eigenvalue weighted by Gasteiger charge is -2.11. The number of nitrogens with zero attached hydrogens (tertiary/aromatic N) is 3. The molecule has 0 saturated carbocycles. The number of aromatic nitrogens is 3. The van der Waals surface area contributed by atoms with E-state index in [1.165, 1.54) is 0 Å². The summed E-state index contributed by atoms with van der Waals surface area (Å²) in [5, 5.41) is 5.85. The van der Waals surface area contributed by atoms with Crippen LogP contribution in [0, 0.1) is 12.7 Å². The lowest BCUT2D eigenvalue weighted by atomic mass is 10.3. The van der Waals surface area contributed by atoms with Crippen molar-refractivity contribution in [2.45, 2.75) is 11.8 Å². The maximum absolute atomic E-state index is 13.2. The van der Waals surface area contributed by atoms with Gasteiger partial charge in [0.1, 0.15) is 29.1 Å². The summed E-state index contributed by atoms with van der Waals surface area (Å²) in [4.78, 5) is 12.6. The summed E-state index contributed by atoms with van der Waals surface area (Å²) in [7, 11) is -3.81. The van der Waals surface area contributed by atoms with Crippen LogP contribution in [-0.4, -0.2) is 36.5 Å². The molecule has 8 nitrogen and oxygen atoms in total. The Morgan fingerprint density at radius 3 is 2.55 bits per heavy atom. The van der Waals surface area contributed by atoms with Crippen molar-refractivity contribution in [3.05, 3.63) is 65.3 Å². The van der Waals surface area contributed by atoms with Crippen LogP contribution in [0.1, 0.15) is 5.82 Å². The van der Waals surface area contributed by atoms with E-state index in [4.69, 9.17) is 11.6 Å². The summed E-state index contributed by atoms with van der Waals surface area (Å²) >= 11 is 5.64. The van der Waals surface area contributed by atoms with Gasteiger partial charge in [0.25, 0.3) is 0 Å². The molecule has 1 aromatic carbocycles. The average molecular weight is 437 g/mol. The van der Waals surface area contributed by atoms with Crippen LogP contribution < -0.4 is 15.4 Å². The predicted octanol–water partition coefficient (Wildman–Crippen LogP) is 3.11. The fourth-order valence-electron chi connectivity index (χ4n) is 2.39. The minimum atomic E-state index is -3.81. The zero-order chi connectivity index (χ0) is 20.9. The fraction of sp³-hybridized carbons (Fsp3) is 0.167. The molecule has 0 amide bonds. The monoisotopic (exact) mass is 436 g/mol. The fourth-order valence-corrected chi connectivity index (χ4v) is 3.70. The molecule has 152 valence electrons. The van der Waals surface area contributed by atoms with Crippen molar-refractivity contribution in [3.8, 4) is 0 Å². The Balaban J connectivity index is 1.58. The molecule has 29 heavy (non-hydrogen) atoms. The molecule has 11 heteroatoms. The zero-order valence-corrected chi connectivity index (χ0v) is 16.9. The summed E-state index contributed by atoms with van der Waals surface area (Å²) in [6.45, 7) is 2.10. The molecule has 0 fully saturated rings. The highest BCUT2D eigenvalue weighted by Crippen LogP contribution is 2.19. The standard InChI is InChI=1S/C18H18ClFN6O2S/c1-12-24-17(11-18(25-12)26-16-4-2-3-7-21-16)22-8-9-23-29(27,28)13-5-6-15(20)14(19)10-13/h2-7,10-11,23H,8-9H2,1H3,(H2,21,22,24,25,26). The van der Waals surface area contributed by atoms with Crippen molar-refractivity contribution in [3.63, 3.8) is 0 Å². The number of hydrogen-bond acceptors (Lipinski definition) is 7. The van der Waals surface area contributed by atoms with Gasteiger partial charge < -0.3 is 10.6 Å². The lowest BCUT2D eigenvalue weighted by Crippen LogP contribution is -2.29. The Bertz CT molecular complexity index is 1100. The number of pyridine rings is 1. The van der Waals surface area contributed by atoms with Crippen LogP contribution in [0.5, 0.6) is 0 Å². The topological polar surface area (TPSA) is 109 Å². The molecular formula is C18H18ClFN6O2S. The number of hydrogen-bond donors (Lipinski definition) is 3. The van der Waals surface area contributed by atoms with Gasteiger partial charge in [0.15, 0.2) is 0 Å². The molecular weight excluding hydrogens is 419 g/mol. The second-order valence-corrected chi connectivity index (χ2v) is 8.10. The molecule has 3 rings (SSSR count). The molecule has 0 bridgehead atoms. The molecule has 0 atom stereocenters. The van der Waals surface area contributed by atoms with Crippen molar-refractivity contribution >= 4 is 39.1 Å². The van der Waals surface area contributed by atoms with Gasteiger partial charge in [0, 0.05) is 25.4 Å². The summed E-state index contributed by atoms with van der Waals surface area (Å²) in [6, 6.07) is 10.4. The highest BCUT2D eigenvalue weighted by molar-refractivity contribution is 7.89. The summed E-state index contributed by atoms with van der Waals surface area (Å²) in [6.07, 6.45) is 1.66. The highest BCUT2D eigenvalue weighted by Gasteiger charge is 2.15. The number of benzene rings is 1. The van der Waals surface area contributed by atoms with Gasteiger partial charge in [-0.3, -0.25) is 0 Å². The minimum Gasteiger partial charge on any atom is -0.369 e. The first-order valence-electron chi connectivity index (χ1n) is 8.56. The Labute approximate surface area is 172 Å². The smallest absolute Gasteiger partial charge is 0.240 e. The van der Waals surface area contributed by atoms with Gasteiger partial charge in [-0.2, -0.15) is 0 Å². The molecule has 0 radical (unpaired) electrons. The van der Waals surface area contributed by atoms with Crippen LogP contribution in [0.2, 0.25) is 5.02 Å². The number of sulfonamides is 1. The summed E-state index contributed by atoms with van der Waals surface area (Å²) in [5.74, 6) is 1.58. The average Bonchev–Trinajstić information content (AvgIpc) is 2.68. The first-order valence-corrected chi connectivity index (χ1v) is 10.4. The van der Waals surface area contributed by atoms with Crippen molar-refractivity contribution in [1.29, 1.82) is 0 Å². The van der Waals surface area contributed by atoms with Gasteiger partial charge in [-0.25, -0.2) is 32.5 Å². The van der Waals surface area contributed by atoms with Gasteiger partial charge in [-0.15, -0.1) is 0 Å². The van der Waals surface area contributed by atoms with E-state index in [9.17, 15) is 12.8 Å². The van der Waals surface area contributed by atoms with Crippen molar-refractivity contribution in [1.82, 2.24) is 19.7 Å². The third-order valence-electron chi connectivity index (χ3n) is 3.68. The van der Waals surface area contributed by atoms with E-state index >= 15 is 0 Å². The second-order valence-electron chi connectivity index (χ2n) is 5.93. The third kappa shape index (κ3) is 5.83. The Kier molecular flexibility index (Phi) is 6.57. The number of rotatable bonds is 8. The van der Waals surface area contributed by atoms with Gasteiger partial charge in [0.05, 0.1) is 9.92 Å². The van der Waals surface area contributed by atoms with E-state index in [1.54, 1.807) is 25.3 Å². The maximum Gasteiger partial charge on any atom is 0.240 e. The molecule has 0 saturated heterocycles. The maximum atomic E-state index is 13.2. The van der Waals surface area contributed by atoms with E-state index in [1.807, 2.05) is 12.1 Å². The number of nitrogens with one attached hydrogen (secondary N) is 3. The van der Waals surface area contributed by atoms with Crippen LogP contribution in [0.15, 0.2) is 53.6 Å². The van der Waals surface area contributed by atoms with Crippen molar-refractivity contribution in [2.75, 3.05) is 23.7 Å². The summed E-state index contributed by atoms with van der Waals surface area (Å²) < 4.78 is 40.1. The van der Waals surface area contributed by atoms with E-state index < -0.39 is 15.8 Å². The molecule has 0 aliphatic heterocycles. The van der Waals surface area contributed by atoms with Gasteiger partial charge >= 0.3 is 0 Å². The van der Waals surface area contributed by atoms with Gasteiger partial charge in [-0.05, 0) is 37.3 Å². The lowest BCUT2D eigenvalue weighted by molar-refractivity contribution is 0.582. The Hall–Kier alpha value is -2.82. The van der Waals surface area contributed by atoms with Gasteiger partial charge in [-0.1, -0.05) is 17.7 Å². The zero-order valence-electron chi connectivity index (χ0n) is 15.4. The Morgan fingerprint density at radius 2 is 1.83 bits per heavy atom. The predicted molar refractivity (Wildman–Crippen MR) is 109 cm³/mol. The molecule has 3 aromatic rings. The van der Waals surface area contributed by atoms with E-state index in [-0.39, 0.29) is 23.0 Å². The minimum absolute atomic E-state index is 0.0867. The normalized spacial score (nSPS) is 11.3. The molecule has 0 unspecified atom stereocenters. The molecule has 0 aliphatic rings. The molecule has 2 heterocycles. The van der Waals surface area contributed by atoms with Crippen LogP contribution in [-0.2, 0) is 10.0 Å². The van der Waals surface area contributed by atoms with Crippen LogP contribution in [0.4, 0.5) is 21.8 Å². The molecule has 2 aromatic heterocycles. The van der Waals surface area contributed by atoms with E-state index in [2.05, 4.69) is 30.3 Å². The number of halogens is 2. The SMILES string of the molecule is Cc1nc(NCCNS(=O)(=O)c2ccc(F)c(Cl)c2)cc(Nc2ccccn2)n1. The second kappa shape index (κ2) is 9.12. The number of aryl methyl sites for hydroxylation is 1. The Morgan fingerprint density at radius 1 is 1.03 bits per heavy atom. The summed E-state index contributed by atoms with van der Waals surface area (Å²) in [5.41, 5.74) is 0. The first kappa shape index (κ1) is 20.9. The van der Waals surface area contributed by atoms with Gasteiger partial charge in [0.2, 0.25) is 10.0 Å². The third-order valence-corrected chi connectivity index (χ3v) is 5.43. The van der Waals surface area contributed by atoms with Crippen LogP contribution in [0.25, 0.3) is 0 Å². The van der Waals surface area contributed by atoms with E-state index in [0.29, 0.717) is 23.3 Å². The van der Waals surface area contributed by atoms with Crippen LogP contribution >= 0.6 is 11.6 Å². The molecule has 0 aliphatic carbocycles. The van der Waals surface area contributed by atoms with E-state index in [0.717, 1.165) is 18.2 Å². The first-order chi connectivity index (χ1) is 13.8. The van der Waals surface area contributed by atoms with Crippen molar-refractivity contribution < 1.29 is 12.8 Å². The van der Waals surface area contributed by atoms with Crippen LogP contribution in [0.3, 0.4) is 0 Å². The molecule has 3 N–H and O–H groups in total. The van der Waals surface area contributed by atoms with Crippen molar-refractivity contribution in [2.24, 2.45) is 0 Å². The molecule has 0 spiro atoms. The number of anilines is 3. The largest absolute Gasteiger partial charge is 0.369 e. The highest BCUT2D eigenvalue weighted by atomic mass is 35.5. The quantitative estimate of drug-likeness (QED) is 0.465.